The van der Waals surface area contributed by atoms with Crippen molar-refractivity contribution in [1.29, 1.82) is 0 Å². The topological polar surface area (TPSA) is 80.9 Å². The molecule has 3 rings (SSSR count). The molecule has 2 heterocycles. The van der Waals surface area contributed by atoms with Crippen molar-refractivity contribution in [2.75, 3.05) is 5.32 Å². The number of carbonyl (C=O) groups is 1. The molecule has 0 unspecified atom stereocenters. The number of pyridine rings is 1. The fraction of sp³-hybridized carbons (Fsp3) is 0.263. The highest BCUT2D eigenvalue weighted by molar-refractivity contribution is 6.34. The quantitative estimate of drug-likeness (QED) is 0.682. The summed E-state index contributed by atoms with van der Waals surface area (Å²) < 4.78 is 19.3. The van der Waals surface area contributed by atoms with E-state index in [1.54, 1.807) is 6.92 Å². The Morgan fingerprint density at radius 1 is 1.30 bits per heavy atom. The van der Waals surface area contributed by atoms with Crippen LogP contribution in [0, 0.1) is 19.7 Å². The van der Waals surface area contributed by atoms with Crippen LogP contribution in [0.25, 0.3) is 11.4 Å². The number of amides is 1. The van der Waals surface area contributed by atoms with Crippen LogP contribution >= 0.6 is 11.6 Å². The maximum absolute atomic E-state index is 14.1. The van der Waals surface area contributed by atoms with Crippen LogP contribution in [0.1, 0.15) is 40.9 Å². The maximum atomic E-state index is 14.1. The van der Waals surface area contributed by atoms with Crippen molar-refractivity contribution < 1.29 is 13.7 Å². The Morgan fingerprint density at radius 2 is 2.07 bits per heavy atom. The molecule has 0 radical (unpaired) electrons. The van der Waals surface area contributed by atoms with Gasteiger partial charge in [0.2, 0.25) is 11.7 Å². The average molecular weight is 389 g/mol. The van der Waals surface area contributed by atoms with E-state index in [4.69, 9.17) is 16.1 Å². The Hall–Kier alpha value is -2.80. The van der Waals surface area contributed by atoms with Gasteiger partial charge < -0.3 is 9.84 Å². The number of anilines is 1. The summed E-state index contributed by atoms with van der Waals surface area (Å²) in [6, 6.07) is 5.90. The molecule has 6 nitrogen and oxygen atoms in total. The van der Waals surface area contributed by atoms with E-state index in [0.29, 0.717) is 29.4 Å². The standard InChI is InChI=1S/C19H18ClFN4O2/c1-4-6-14-23-18(25-27-14)15-10(2)9-11(3)22-17(15)24-19(26)16-12(20)7-5-8-13(16)21/h5,7-9H,4,6H2,1-3H3,(H,22,24,26). The summed E-state index contributed by atoms with van der Waals surface area (Å²) in [5.41, 5.74) is 1.77. The second-order valence-electron chi connectivity index (χ2n) is 6.12. The van der Waals surface area contributed by atoms with E-state index in [-0.39, 0.29) is 16.4 Å². The van der Waals surface area contributed by atoms with E-state index in [1.807, 2.05) is 19.9 Å². The van der Waals surface area contributed by atoms with Gasteiger partial charge in [-0.1, -0.05) is 29.7 Å². The van der Waals surface area contributed by atoms with Crippen molar-refractivity contribution in [2.24, 2.45) is 0 Å². The molecule has 2 aromatic heterocycles. The number of aromatic nitrogens is 3. The second-order valence-corrected chi connectivity index (χ2v) is 6.52. The molecule has 1 amide bonds. The lowest BCUT2D eigenvalue weighted by molar-refractivity contribution is 0.102. The SMILES string of the molecule is CCCc1nc(-c2c(C)cc(C)nc2NC(=O)c2c(F)cccc2Cl)no1. The normalized spacial score (nSPS) is 10.9. The largest absolute Gasteiger partial charge is 0.339 e. The smallest absolute Gasteiger partial charge is 0.261 e. The van der Waals surface area contributed by atoms with Crippen LogP contribution < -0.4 is 5.32 Å². The molecule has 0 fully saturated rings. The van der Waals surface area contributed by atoms with Crippen LogP contribution in [-0.4, -0.2) is 21.0 Å². The zero-order valence-corrected chi connectivity index (χ0v) is 15.9. The summed E-state index contributed by atoms with van der Waals surface area (Å²) in [4.78, 5) is 21.4. The van der Waals surface area contributed by atoms with E-state index in [1.165, 1.54) is 18.2 Å². The molecule has 0 aliphatic rings. The lowest BCUT2D eigenvalue weighted by Crippen LogP contribution is -2.17. The van der Waals surface area contributed by atoms with Gasteiger partial charge in [0.15, 0.2) is 0 Å². The van der Waals surface area contributed by atoms with E-state index in [2.05, 4.69) is 20.4 Å². The third kappa shape index (κ3) is 3.98. The van der Waals surface area contributed by atoms with Crippen molar-refractivity contribution in [2.45, 2.75) is 33.6 Å². The average Bonchev–Trinajstić information content (AvgIpc) is 3.02. The minimum absolute atomic E-state index is 0.0169. The van der Waals surface area contributed by atoms with Crippen LogP contribution in [0.15, 0.2) is 28.8 Å². The van der Waals surface area contributed by atoms with Gasteiger partial charge in [-0.3, -0.25) is 4.79 Å². The first-order chi connectivity index (χ1) is 12.9. The van der Waals surface area contributed by atoms with Gasteiger partial charge in [-0.15, -0.1) is 0 Å². The summed E-state index contributed by atoms with van der Waals surface area (Å²) in [5.74, 6) is -0.370. The van der Waals surface area contributed by atoms with E-state index in [0.717, 1.165) is 12.0 Å². The van der Waals surface area contributed by atoms with Crippen LogP contribution in [0.5, 0.6) is 0 Å². The lowest BCUT2D eigenvalue weighted by atomic mass is 10.1. The fourth-order valence-corrected chi connectivity index (χ4v) is 3.01. The number of hydrogen-bond donors (Lipinski definition) is 1. The van der Waals surface area contributed by atoms with Gasteiger partial charge in [0.1, 0.15) is 11.6 Å². The molecule has 0 saturated heterocycles. The molecule has 0 aliphatic heterocycles. The van der Waals surface area contributed by atoms with Crippen molar-refractivity contribution in [3.05, 3.63) is 57.8 Å². The highest BCUT2D eigenvalue weighted by Crippen LogP contribution is 2.30. The first-order valence-corrected chi connectivity index (χ1v) is 8.85. The third-order valence-electron chi connectivity index (χ3n) is 3.92. The molecule has 0 aliphatic carbocycles. The number of carbonyl (C=O) groups excluding carboxylic acids is 1. The van der Waals surface area contributed by atoms with Gasteiger partial charge in [-0.2, -0.15) is 4.98 Å². The van der Waals surface area contributed by atoms with Gasteiger partial charge >= 0.3 is 0 Å². The van der Waals surface area contributed by atoms with Gasteiger partial charge in [-0.05, 0) is 44.0 Å². The zero-order valence-electron chi connectivity index (χ0n) is 15.1. The Labute approximate surface area is 160 Å². The predicted molar refractivity (Wildman–Crippen MR) is 100 cm³/mol. The number of halogens is 2. The molecule has 140 valence electrons. The second kappa shape index (κ2) is 7.84. The molecule has 3 aromatic rings. The summed E-state index contributed by atoms with van der Waals surface area (Å²) in [6.07, 6.45) is 1.51. The highest BCUT2D eigenvalue weighted by atomic mass is 35.5. The summed E-state index contributed by atoms with van der Waals surface area (Å²) in [7, 11) is 0. The maximum Gasteiger partial charge on any atom is 0.261 e. The zero-order chi connectivity index (χ0) is 19.6. The van der Waals surface area contributed by atoms with Gasteiger partial charge in [0.25, 0.3) is 5.91 Å². The molecule has 0 bridgehead atoms. The molecular formula is C19H18ClFN4O2. The van der Waals surface area contributed by atoms with Crippen molar-refractivity contribution in [3.8, 4) is 11.4 Å². The monoisotopic (exact) mass is 388 g/mol. The number of nitrogens with zero attached hydrogens (tertiary/aromatic N) is 3. The highest BCUT2D eigenvalue weighted by Gasteiger charge is 2.22. The number of hydrogen-bond acceptors (Lipinski definition) is 5. The van der Waals surface area contributed by atoms with Crippen molar-refractivity contribution in [3.63, 3.8) is 0 Å². The molecule has 0 spiro atoms. The van der Waals surface area contributed by atoms with Crippen molar-refractivity contribution in [1.82, 2.24) is 15.1 Å². The van der Waals surface area contributed by atoms with Crippen LogP contribution in [0.2, 0.25) is 5.02 Å². The molecule has 8 heteroatoms. The Kier molecular flexibility index (Phi) is 5.51. The van der Waals surface area contributed by atoms with E-state index >= 15 is 0 Å². The summed E-state index contributed by atoms with van der Waals surface area (Å²) in [5, 5.41) is 6.64. The molecule has 0 atom stereocenters. The summed E-state index contributed by atoms with van der Waals surface area (Å²) in [6.45, 7) is 5.65. The van der Waals surface area contributed by atoms with E-state index in [9.17, 15) is 9.18 Å². The summed E-state index contributed by atoms with van der Waals surface area (Å²) >= 11 is 5.99. The first kappa shape index (κ1) is 19.0. The number of rotatable bonds is 5. The Balaban J connectivity index is 2.03. The van der Waals surface area contributed by atoms with Gasteiger partial charge in [-0.25, -0.2) is 9.37 Å². The van der Waals surface area contributed by atoms with Crippen molar-refractivity contribution >= 4 is 23.3 Å². The van der Waals surface area contributed by atoms with Crippen LogP contribution in [0.3, 0.4) is 0 Å². The third-order valence-corrected chi connectivity index (χ3v) is 4.24. The van der Waals surface area contributed by atoms with E-state index < -0.39 is 11.7 Å². The molecule has 0 saturated carbocycles. The Morgan fingerprint density at radius 3 is 2.78 bits per heavy atom. The lowest BCUT2D eigenvalue weighted by Gasteiger charge is -2.12. The Bertz CT molecular complexity index is 983. The molecule has 1 aromatic carbocycles. The minimum atomic E-state index is -0.712. The fourth-order valence-electron chi connectivity index (χ4n) is 2.77. The molecule has 27 heavy (non-hydrogen) atoms. The molecule has 1 N–H and O–H groups in total. The minimum Gasteiger partial charge on any atom is -0.339 e. The number of nitrogens with one attached hydrogen (secondary N) is 1. The van der Waals surface area contributed by atoms with Gasteiger partial charge in [0.05, 0.1) is 16.1 Å². The predicted octanol–water partition coefficient (Wildman–Crippen LogP) is 4.75. The number of benzene rings is 1. The van der Waals surface area contributed by atoms with Crippen LogP contribution in [-0.2, 0) is 6.42 Å². The molecular weight excluding hydrogens is 371 g/mol. The first-order valence-electron chi connectivity index (χ1n) is 8.47. The van der Waals surface area contributed by atoms with Crippen LogP contribution in [0.4, 0.5) is 10.2 Å². The number of aryl methyl sites for hydroxylation is 3. The van der Waals surface area contributed by atoms with Gasteiger partial charge in [0, 0.05) is 12.1 Å².